The van der Waals surface area contributed by atoms with Gasteiger partial charge in [0.1, 0.15) is 17.6 Å². The SMILES string of the molecule is COc1ccc(F)cc1[C@@H](C(=O)O)N1CCCN(Cc2ccncc2)CC1. The van der Waals surface area contributed by atoms with Crippen molar-refractivity contribution < 1.29 is 19.0 Å². The third-order valence-corrected chi connectivity index (χ3v) is 4.86. The molecule has 0 saturated carbocycles. The lowest BCUT2D eigenvalue weighted by molar-refractivity contribution is -0.143. The Labute approximate surface area is 158 Å². The summed E-state index contributed by atoms with van der Waals surface area (Å²) in [6.07, 6.45) is 4.39. The molecule has 144 valence electrons. The molecule has 0 radical (unpaired) electrons. The first-order valence-corrected chi connectivity index (χ1v) is 9.00. The Morgan fingerprint density at radius 1 is 1.22 bits per heavy atom. The number of hydrogen-bond acceptors (Lipinski definition) is 5. The van der Waals surface area contributed by atoms with E-state index in [0.717, 1.165) is 26.1 Å². The van der Waals surface area contributed by atoms with E-state index in [-0.39, 0.29) is 0 Å². The van der Waals surface area contributed by atoms with Gasteiger partial charge in [-0.15, -0.1) is 0 Å². The minimum atomic E-state index is -0.999. The fraction of sp³-hybridized carbons (Fsp3) is 0.400. The number of hydrogen-bond donors (Lipinski definition) is 1. The Kier molecular flexibility index (Phi) is 6.36. The van der Waals surface area contributed by atoms with Gasteiger partial charge in [-0.25, -0.2) is 4.39 Å². The van der Waals surface area contributed by atoms with E-state index in [9.17, 15) is 14.3 Å². The maximum absolute atomic E-state index is 13.8. The van der Waals surface area contributed by atoms with Gasteiger partial charge < -0.3 is 9.84 Å². The molecule has 2 heterocycles. The molecule has 0 bridgehead atoms. The van der Waals surface area contributed by atoms with Crippen molar-refractivity contribution in [3.63, 3.8) is 0 Å². The van der Waals surface area contributed by atoms with Gasteiger partial charge in [-0.2, -0.15) is 0 Å². The average molecular weight is 373 g/mol. The summed E-state index contributed by atoms with van der Waals surface area (Å²) >= 11 is 0. The quantitative estimate of drug-likeness (QED) is 0.840. The molecule has 1 aromatic carbocycles. The number of ether oxygens (including phenoxy) is 1. The van der Waals surface area contributed by atoms with E-state index in [1.54, 1.807) is 12.4 Å². The van der Waals surface area contributed by atoms with Crippen LogP contribution < -0.4 is 4.74 Å². The second-order valence-corrected chi connectivity index (χ2v) is 6.65. The lowest BCUT2D eigenvalue weighted by Crippen LogP contribution is -2.37. The smallest absolute Gasteiger partial charge is 0.325 e. The van der Waals surface area contributed by atoms with E-state index >= 15 is 0 Å². The van der Waals surface area contributed by atoms with E-state index in [2.05, 4.69) is 9.88 Å². The summed E-state index contributed by atoms with van der Waals surface area (Å²) in [5, 5.41) is 9.84. The minimum Gasteiger partial charge on any atom is -0.496 e. The average Bonchev–Trinajstić information content (AvgIpc) is 2.88. The summed E-state index contributed by atoms with van der Waals surface area (Å²) in [5.41, 5.74) is 1.53. The molecule has 1 N–H and O–H groups in total. The summed E-state index contributed by atoms with van der Waals surface area (Å²) in [4.78, 5) is 20.3. The van der Waals surface area contributed by atoms with Crippen molar-refractivity contribution in [2.45, 2.75) is 19.0 Å². The molecule has 0 spiro atoms. The van der Waals surface area contributed by atoms with Crippen LogP contribution in [0.4, 0.5) is 4.39 Å². The van der Waals surface area contributed by atoms with Crippen LogP contribution in [0.1, 0.15) is 23.6 Å². The lowest BCUT2D eigenvalue weighted by Gasteiger charge is -2.29. The van der Waals surface area contributed by atoms with Crippen molar-refractivity contribution >= 4 is 5.97 Å². The number of methoxy groups -OCH3 is 1. The van der Waals surface area contributed by atoms with Gasteiger partial charge in [0, 0.05) is 44.1 Å². The van der Waals surface area contributed by atoms with Gasteiger partial charge in [-0.3, -0.25) is 19.6 Å². The van der Waals surface area contributed by atoms with Crippen molar-refractivity contribution in [1.82, 2.24) is 14.8 Å². The largest absolute Gasteiger partial charge is 0.496 e. The zero-order chi connectivity index (χ0) is 19.2. The lowest BCUT2D eigenvalue weighted by atomic mass is 10.0. The van der Waals surface area contributed by atoms with Crippen molar-refractivity contribution in [1.29, 1.82) is 0 Å². The highest BCUT2D eigenvalue weighted by molar-refractivity contribution is 5.76. The molecule has 1 fully saturated rings. The molecular weight excluding hydrogens is 349 g/mol. The number of nitrogens with zero attached hydrogens (tertiary/aromatic N) is 3. The Balaban J connectivity index is 1.76. The fourth-order valence-electron chi connectivity index (χ4n) is 3.56. The van der Waals surface area contributed by atoms with Crippen LogP contribution in [0.2, 0.25) is 0 Å². The molecular formula is C20H24FN3O3. The Bertz CT molecular complexity index is 772. The minimum absolute atomic E-state index is 0.354. The zero-order valence-corrected chi connectivity index (χ0v) is 15.3. The highest BCUT2D eigenvalue weighted by Gasteiger charge is 2.31. The van der Waals surface area contributed by atoms with Crippen LogP contribution in [-0.2, 0) is 11.3 Å². The summed E-state index contributed by atoms with van der Waals surface area (Å²) in [5.74, 6) is -1.07. The number of carboxylic acids is 1. The molecule has 1 aromatic heterocycles. The van der Waals surface area contributed by atoms with Crippen LogP contribution >= 0.6 is 0 Å². The Morgan fingerprint density at radius 3 is 2.70 bits per heavy atom. The topological polar surface area (TPSA) is 65.9 Å². The van der Waals surface area contributed by atoms with Crippen LogP contribution in [0.15, 0.2) is 42.7 Å². The normalized spacial score (nSPS) is 17.3. The molecule has 6 nitrogen and oxygen atoms in total. The second kappa shape index (κ2) is 8.92. The predicted octanol–water partition coefficient (Wildman–Crippen LogP) is 2.56. The molecule has 0 aliphatic carbocycles. The summed E-state index contributed by atoms with van der Waals surface area (Å²) in [6, 6.07) is 7.06. The first kappa shape index (κ1) is 19.3. The highest BCUT2D eigenvalue weighted by Crippen LogP contribution is 2.31. The number of aliphatic carboxylic acids is 1. The van der Waals surface area contributed by atoms with E-state index in [1.807, 2.05) is 17.0 Å². The van der Waals surface area contributed by atoms with Crippen LogP contribution in [0, 0.1) is 5.82 Å². The summed E-state index contributed by atoms with van der Waals surface area (Å²) in [6.45, 7) is 3.64. The molecule has 7 heteroatoms. The van der Waals surface area contributed by atoms with Gasteiger partial charge in [-0.1, -0.05) is 0 Å². The number of halogens is 1. The first-order valence-electron chi connectivity index (χ1n) is 9.00. The molecule has 0 amide bonds. The number of aromatic nitrogens is 1. The van der Waals surface area contributed by atoms with Crippen LogP contribution in [0.5, 0.6) is 5.75 Å². The number of benzene rings is 1. The Morgan fingerprint density at radius 2 is 2.00 bits per heavy atom. The van der Waals surface area contributed by atoms with Crippen molar-refractivity contribution in [3.8, 4) is 5.75 Å². The molecule has 1 aliphatic rings. The van der Waals surface area contributed by atoms with Gasteiger partial charge in [-0.05, 0) is 48.9 Å². The number of carbonyl (C=O) groups is 1. The standard InChI is InChI=1S/C20H24FN3O3/c1-27-18-4-3-16(21)13-17(18)19(20(25)26)24-10-2-9-23(11-12-24)14-15-5-7-22-8-6-15/h3-8,13,19H,2,9-12,14H2,1H3,(H,25,26)/t19-/m0/s1. The van der Waals surface area contributed by atoms with Crippen molar-refractivity contribution in [3.05, 3.63) is 59.7 Å². The van der Waals surface area contributed by atoms with E-state index < -0.39 is 17.8 Å². The number of carboxylic acid groups (broad SMARTS) is 1. The molecule has 27 heavy (non-hydrogen) atoms. The van der Waals surface area contributed by atoms with Gasteiger partial charge in [0.15, 0.2) is 0 Å². The van der Waals surface area contributed by atoms with E-state index in [4.69, 9.17) is 4.74 Å². The number of rotatable bonds is 6. The molecule has 3 rings (SSSR count). The molecule has 2 aromatic rings. The van der Waals surface area contributed by atoms with Gasteiger partial charge >= 0.3 is 5.97 Å². The fourth-order valence-corrected chi connectivity index (χ4v) is 3.56. The zero-order valence-electron chi connectivity index (χ0n) is 15.3. The van der Waals surface area contributed by atoms with Crippen LogP contribution in [-0.4, -0.2) is 59.1 Å². The van der Waals surface area contributed by atoms with Gasteiger partial charge in [0.25, 0.3) is 0 Å². The molecule has 1 aliphatic heterocycles. The van der Waals surface area contributed by atoms with Crippen molar-refractivity contribution in [2.75, 3.05) is 33.3 Å². The Hall–Kier alpha value is -2.51. The van der Waals surface area contributed by atoms with Crippen molar-refractivity contribution in [2.24, 2.45) is 0 Å². The third kappa shape index (κ3) is 4.81. The maximum atomic E-state index is 13.8. The monoisotopic (exact) mass is 373 g/mol. The first-order chi connectivity index (χ1) is 13.1. The van der Waals surface area contributed by atoms with Gasteiger partial charge in [0.2, 0.25) is 0 Å². The third-order valence-electron chi connectivity index (χ3n) is 4.86. The predicted molar refractivity (Wildman–Crippen MR) is 99.0 cm³/mol. The summed E-state index contributed by atoms with van der Waals surface area (Å²) < 4.78 is 19.1. The van der Waals surface area contributed by atoms with Crippen LogP contribution in [0.3, 0.4) is 0 Å². The highest BCUT2D eigenvalue weighted by atomic mass is 19.1. The van der Waals surface area contributed by atoms with E-state index in [1.165, 1.54) is 30.9 Å². The maximum Gasteiger partial charge on any atom is 0.325 e. The van der Waals surface area contributed by atoms with Crippen LogP contribution in [0.25, 0.3) is 0 Å². The summed E-state index contributed by atoms with van der Waals surface area (Å²) in [7, 11) is 1.47. The molecule has 1 atom stereocenters. The van der Waals surface area contributed by atoms with Gasteiger partial charge in [0.05, 0.1) is 7.11 Å². The molecule has 1 saturated heterocycles. The second-order valence-electron chi connectivity index (χ2n) is 6.65. The van der Waals surface area contributed by atoms with E-state index in [0.29, 0.717) is 24.4 Å². The molecule has 0 unspecified atom stereocenters. The number of pyridine rings is 1.